The molecule has 2 aliphatic rings. The van der Waals surface area contributed by atoms with E-state index < -0.39 is 10.0 Å². The number of amides is 1. The molecular formula is C20H28N2O3S. The summed E-state index contributed by atoms with van der Waals surface area (Å²) >= 11 is 0. The number of aryl methyl sites for hydroxylation is 3. The van der Waals surface area contributed by atoms with Crippen LogP contribution in [0.15, 0.2) is 29.2 Å². The molecule has 1 heterocycles. The molecule has 1 atom stereocenters. The van der Waals surface area contributed by atoms with Crippen molar-refractivity contribution in [3.8, 4) is 0 Å². The molecule has 0 radical (unpaired) electrons. The van der Waals surface area contributed by atoms with Crippen molar-refractivity contribution in [3.05, 3.63) is 41.0 Å². The molecule has 3 rings (SSSR count). The van der Waals surface area contributed by atoms with Crippen LogP contribution in [-0.4, -0.2) is 49.7 Å². The molecule has 1 aliphatic heterocycles. The quantitative estimate of drug-likeness (QED) is 0.762. The van der Waals surface area contributed by atoms with Crippen molar-refractivity contribution in [3.63, 3.8) is 0 Å². The smallest absolute Gasteiger partial charge is 0.243 e. The van der Waals surface area contributed by atoms with Gasteiger partial charge in [-0.25, -0.2) is 8.42 Å². The number of carbonyl (C=O) groups excluding carboxylic acids is 1. The Kier molecular flexibility index (Phi) is 5.53. The maximum atomic E-state index is 13.1. The Morgan fingerprint density at radius 1 is 1.00 bits per heavy atom. The molecule has 26 heavy (non-hydrogen) atoms. The number of hydrogen-bond donors (Lipinski definition) is 0. The lowest BCUT2D eigenvalue weighted by Crippen LogP contribution is -2.52. The van der Waals surface area contributed by atoms with Gasteiger partial charge >= 0.3 is 0 Å². The molecule has 0 aromatic heterocycles. The van der Waals surface area contributed by atoms with Crippen LogP contribution in [-0.2, 0) is 14.8 Å². The number of benzene rings is 1. The summed E-state index contributed by atoms with van der Waals surface area (Å²) in [4.78, 5) is 14.9. The van der Waals surface area contributed by atoms with E-state index in [1.807, 2.05) is 37.8 Å². The molecule has 0 unspecified atom stereocenters. The largest absolute Gasteiger partial charge is 0.340 e. The van der Waals surface area contributed by atoms with Gasteiger partial charge in [-0.2, -0.15) is 4.31 Å². The summed E-state index contributed by atoms with van der Waals surface area (Å²) in [5.74, 6) is 0.235. The highest BCUT2D eigenvalue weighted by molar-refractivity contribution is 7.89. The van der Waals surface area contributed by atoms with Crippen molar-refractivity contribution < 1.29 is 13.2 Å². The first kappa shape index (κ1) is 19.1. The predicted octanol–water partition coefficient (Wildman–Crippen LogP) is 2.80. The van der Waals surface area contributed by atoms with E-state index in [4.69, 9.17) is 0 Å². The van der Waals surface area contributed by atoms with Crippen molar-refractivity contribution >= 4 is 15.9 Å². The number of rotatable bonds is 3. The van der Waals surface area contributed by atoms with Crippen LogP contribution in [0.25, 0.3) is 0 Å². The molecule has 1 aliphatic carbocycles. The van der Waals surface area contributed by atoms with E-state index >= 15 is 0 Å². The fourth-order valence-electron chi connectivity index (χ4n) is 4.13. The van der Waals surface area contributed by atoms with Crippen LogP contribution < -0.4 is 0 Å². The van der Waals surface area contributed by atoms with Crippen LogP contribution in [0.4, 0.5) is 0 Å². The van der Waals surface area contributed by atoms with Crippen molar-refractivity contribution in [1.82, 2.24) is 9.21 Å². The van der Waals surface area contributed by atoms with Gasteiger partial charge in [0.15, 0.2) is 0 Å². The molecule has 0 N–H and O–H groups in total. The lowest BCUT2D eigenvalue weighted by Gasteiger charge is -2.36. The lowest BCUT2D eigenvalue weighted by molar-refractivity contribution is -0.137. The fraction of sp³-hybridized carbons (Fsp3) is 0.550. The maximum absolute atomic E-state index is 13.1. The Labute approximate surface area is 156 Å². The van der Waals surface area contributed by atoms with Crippen LogP contribution in [0.5, 0.6) is 0 Å². The molecule has 1 fully saturated rings. The van der Waals surface area contributed by atoms with Gasteiger partial charge in [0.1, 0.15) is 0 Å². The lowest BCUT2D eigenvalue weighted by atomic mass is 9.93. The minimum Gasteiger partial charge on any atom is -0.340 e. The molecule has 1 saturated heterocycles. The molecule has 6 heteroatoms. The Hall–Kier alpha value is -1.66. The monoisotopic (exact) mass is 376 g/mol. The Morgan fingerprint density at radius 3 is 2.15 bits per heavy atom. The maximum Gasteiger partial charge on any atom is 0.243 e. The number of carbonyl (C=O) groups is 1. The molecule has 1 aromatic rings. The highest BCUT2D eigenvalue weighted by Crippen LogP contribution is 2.27. The Balaban J connectivity index is 1.71. The topological polar surface area (TPSA) is 57.7 Å². The van der Waals surface area contributed by atoms with E-state index in [9.17, 15) is 13.2 Å². The minimum atomic E-state index is -3.53. The number of hydrogen-bond acceptors (Lipinski definition) is 3. The Morgan fingerprint density at radius 2 is 1.62 bits per heavy atom. The van der Waals surface area contributed by atoms with E-state index in [1.165, 1.54) is 4.31 Å². The van der Waals surface area contributed by atoms with E-state index in [1.54, 1.807) is 0 Å². The first-order valence-corrected chi connectivity index (χ1v) is 10.8. The van der Waals surface area contributed by atoms with Gasteiger partial charge in [0.25, 0.3) is 0 Å². The fourth-order valence-corrected chi connectivity index (χ4v) is 5.96. The molecule has 0 bridgehead atoms. The van der Waals surface area contributed by atoms with E-state index in [0.29, 0.717) is 31.1 Å². The summed E-state index contributed by atoms with van der Waals surface area (Å²) in [7, 11) is -3.53. The molecular weight excluding hydrogens is 348 g/mol. The zero-order valence-electron chi connectivity index (χ0n) is 15.9. The van der Waals surface area contributed by atoms with E-state index in [-0.39, 0.29) is 11.8 Å². The van der Waals surface area contributed by atoms with Crippen molar-refractivity contribution in [2.24, 2.45) is 5.92 Å². The van der Waals surface area contributed by atoms with E-state index in [0.717, 1.165) is 36.0 Å². The van der Waals surface area contributed by atoms with Gasteiger partial charge in [-0.3, -0.25) is 4.79 Å². The van der Waals surface area contributed by atoms with Gasteiger partial charge in [0.05, 0.1) is 4.90 Å². The third-order valence-electron chi connectivity index (χ3n) is 5.37. The predicted molar refractivity (Wildman–Crippen MR) is 102 cm³/mol. The van der Waals surface area contributed by atoms with Gasteiger partial charge in [-0.1, -0.05) is 29.8 Å². The highest BCUT2D eigenvalue weighted by atomic mass is 32.2. The third-order valence-corrected chi connectivity index (χ3v) is 7.58. The molecule has 142 valence electrons. The summed E-state index contributed by atoms with van der Waals surface area (Å²) in [5.41, 5.74) is 2.64. The van der Waals surface area contributed by atoms with Crippen LogP contribution in [0.2, 0.25) is 0 Å². The normalized spacial score (nSPS) is 21.8. The second-order valence-corrected chi connectivity index (χ2v) is 9.31. The van der Waals surface area contributed by atoms with Gasteiger partial charge in [-0.15, -0.1) is 0 Å². The average Bonchev–Trinajstić information content (AvgIpc) is 2.61. The van der Waals surface area contributed by atoms with E-state index in [2.05, 4.69) is 12.2 Å². The summed E-state index contributed by atoms with van der Waals surface area (Å²) in [6.07, 6.45) is 6.86. The number of allylic oxidation sites excluding steroid dienone is 2. The minimum absolute atomic E-state index is 0.0599. The summed E-state index contributed by atoms with van der Waals surface area (Å²) in [6.45, 7) is 7.35. The number of nitrogens with zero attached hydrogens (tertiary/aromatic N) is 2. The zero-order chi connectivity index (χ0) is 18.9. The molecule has 0 spiro atoms. The van der Waals surface area contributed by atoms with Crippen molar-refractivity contribution in [2.75, 3.05) is 26.2 Å². The SMILES string of the molecule is Cc1cc(C)c(S(=O)(=O)N2CCN(C(=O)[C@H]3CC=CCC3)CC2)c(C)c1. The van der Waals surface area contributed by atoms with Gasteiger partial charge in [-0.05, 0) is 51.2 Å². The zero-order valence-corrected chi connectivity index (χ0v) is 16.7. The number of piperazine rings is 1. The van der Waals surface area contributed by atoms with Crippen LogP contribution in [0.3, 0.4) is 0 Å². The third kappa shape index (κ3) is 3.71. The summed E-state index contributed by atoms with van der Waals surface area (Å²) < 4.78 is 27.8. The van der Waals surface area contributed by atoms with Gasteiger partial charge in [0.2, 0.25) is 15.9 Å². The molecule has 1 amide bonds. The average molecular weight is 377 g/mol. The van der Waals surface area contributed by atoms with Crippen LogP contribution in [0.1, 0.15) is 36.0 Å². The second-order valence-electron chi connectivity index (χ2n) is 7.44. The van der Waals surface area contributed by atoms with Gasteiger partial charge in [0, 0.05) is 32.1 Å². The van der Waals surface area contributed by atoms with Crippen molar-refractivity contribution in [2.45, 2.75) is 44.9 Å². The Bertz CT molecular complexity index is 798. The van der Waals surface area contributed by atoms with Crippen molar-refractivity contribution in [1.29, 1.82) is 0 Å². The summed E-state index contributed by atoms with van der Waals surface area (Å²) in [6, 6.07) is 3.83. The van der Waals surface area contributed by atoms with Crippen LogP contribution >= 0.6 is 0 Å². The number of sulfonamides is 1. The highest BCUT2D eigenvalue weighted by Gasteiger charge is 2.33. The molecule has 1 aromatic carbocycles. The first-order chi connectivity index (χ1) is 12.3. The second kappa shape index (κ2) is 7.53. The molecule has 5 nitrogen and oxygen atoms in total. The van der Waals surface area contributed by atoms with Gasteiger partial charge < -0.3 is 4.90 Å². The summed E-state index contributed by atoms with van der Waals surface area (Å²) in [5, 5.41) is 0. The molecule has 0 saturated carbocycles. The first-order valence-electron chi connectivity index (χ1n) is 9.32. The van der Waals surface area contributed by atoms with Crippen LogP contribution in [0, 0.1) is 26.7 Å². The standard InChI is InChI=1S/C20H28N2O3S/c1-15-13-16(2)19(17(3)14-15)26(24,25)22-11-9-21(10-12-22)20(23)18-7-5-4-6-8-18/h4-5,13-14,18H,6-12H2,1-3H3/t18-/m0/s1.